The summed E-state index contributed by atoms with van der Waals surface area (Å²) in [6.07, 6.45) is 65.1. The van der Waals surface area contributed by atoms with Crippen LogP contribution in [0, 0.1) is 0 Å². The molecule has 0 heterocycles. The lowest BCUT2D eigenvalue weighted by Crippen LogP contribution is -2.30. The number of carbonyl (C=O) groups excluding carboxylic acids is 3. The maximum Gasteiger partial charge on any atom is 0.472 e. The number of hydrogen-bond acceptors (Lipinski definition) is 14. The second-order valence-electron chi connectivity index (χ2n) is 23.0. The van der Waals surface area contributed by atoms with Crippen LogP contribution >= 0.6 is 15.6 Å². The van der Waals surface area contributed by atoms with Gasteiger partial charge in [0, 0.05) is 19.3 Å². The van der Waals surface area contributed by atoms with Crippen LogP contribution in [0.25, 0.3) is 0 Å². The molecule has 0 radical (unpaired) electrons. The number of ether oxygens (including phenoxy) is 3. The van der Waals surface area contributed by atoms with Gasteiger partial charge in [-0.15, -0.1) is 0 Å². The van der Waals surface area contributed by atoms with Crippen LogP contribution in [-0.2, 0) is 55.8 Å². The summed E-state index contributed by atoms with van der Waals surface area (Å²) in [4.78, 5) is 58.4. The van der Waals surface area contributed by atoms with Crippen LogP contribution in [0.15, 0.2) is 72.9 Å². The Morgan fingerprint density at radius 3 is 0.989 bits per heavy atom. The Hall–Kier alpha value is -3.01. The lowest BCUT2D eigenvalue weighted by molar-refractivity contribution is -0.161. The van der Waals surface area contributed by atoms with Crippen LogP contribution in [0.4, 0.5) is 0 Å². The van der Waals surface area contributed by atoms with Gasteiger partial charge in [0.15, 0.2) is 6.10 Å². The van der Waals surface area contributed by atoms with Crippen LogP contribution in [0.3, 0.4) is 0 Å². The van der Waals surface area contributed by atoms with E-state index >= 15 is 0 Å². The SMILES string of the molecule is CC/C=C\C/C=C\C/C=C\CCCCCCCCCC(=O)OCC(COP(=O)(O)OCC(O)COP(=O)(O)OCC(O)COC(=O)CCCCCCCC/C=C\C/C=C\C/C=C\CCCCC)OC(=O)CCCCCCCCCCCCCCCCC. The zero-order valence-electron chi connectivity index (χ0n) is 54.7. The molecule has 87 heavy (non-hydrogen) atoms. The highest BCUT2D eigenvalue weighted by Crippen LogP contribution is 2.45. The number of rotatable bonds is 65. The van der Waals surface area contributed by atoms with Crippen LogP contribution in [0.2, 0.25) is 0 Å². The topological polar surface area (TPSA) is 231 Å². The van der Waals surface area contributed by atoms with Gasteiger partial charge in [-0.1, -0.05) is 254 Å². The van der Waals surface area contributed by atoms with E-state index in [1.807, 2.05) is 0 Å². The van der Waals surface area contributed by atoms with Crippen molar-refractivity contribution in [2.45, 2.75) is 309 Å². The normalized spacial score (nSPS) is 14.7. The standard InChI is InChI=1S/C69H124O16P2/c1-4-7-10-13-16-19-22-25-28-30-31-33-36-37-40-43-46-49-52-55-67(72)79-58-64(70)59-81-86(75,76)82-60-65(71)61-83-87(77,78)84-63-66(85-69(74)57-54-51-48-45-42-39-34-27-24-21-18-15-12-9-6-3)62-80-68(73)56-53-50-47-44-41-38-35-32-29-26-23-20-17-14-11-8-5-2/h8,11,16-17,19-20,25-26,28-29,31,33,64-66,70-71H,4-7,9-10,12-15,18,21-24,27,30,32,34-63H2,1-3H3,(H,75,76)(H,77,78)/b11-8-,19-16-,20-17-,28-25-,29-26-,33-31-. The van der Waals surface area contributed by atoms with Gasteiger partial charge in [0.05, 0.1) is 26.4 Å². The van der Waals surface area contributed by atoms with Crippen molar-refractivity contribution in [2.24, 2.45) is 0 Å². The number of carbonyl (C=O) groups is 3. The van der Waals surface area contributed by atoms with Crippen molar-refractivity contribution < 1.29 is 75.8 Å². The van der Waals surface area contributed by atoms with Crippen molar-refractivity contribution in [1.82, 2.24) is 0 Å². The summed E-state index contributed by atoms with van der Waals surface area (Å²) in [5.74, 6) is -1.59. The van der Waals surface area contributed by atoms with E-state index in [0.717, 1.165) is 141 Å². The molecule has 0 fully saturated rings. The average Bonchev–Trinajstić information content (AvgIpc) is 3.68. The minimum absolute atomic E-state index is 0.106. The Labute approximate surface area is 528 Å². The fourth-order valence-electron chi connectivity index (χ4n) is 9.18. The van der Waals surface area contributed by atoms with Gasteiger partial charge in [-0.05, 0) is 89.9 Å². The van der Waals surface area contributed by atoms with Crippen molar-refractivity contribution in [3.63, 3.8) is 0 Å². The first kappa shape index (κ1) is 84.0. The van der Waals surface area contributed by atoms with Gasteiger partial charge in [0.1, 0.15) is 25.4 Å². The smallest absolute Gasteiger partial charge is 0.463 e. The molecule has 0 aliphatic heterocycles. The monoisotopic (exact) mass is 1270 g/mol. The van der Waals surface area contributed by atoms with E-state index in [9.17, 15) is 43.5 Å². The molecule has 0 aromatic carbocycles. The number of phosphoric ester groups is 2. The van der Waals surface area contributed by atoms with Gasteiger partial charge in [0.2, 0.25) is 0 Å². The average molecular weight is 1270 g/mol. The second kappa shape index (κ2) is 63.2. The van der Waals surface area contributed by atoms with E-state index in [1.54, 1.807) is 0 Å². The van der Waals surface area contributed by atoms with Crippen LogP contribution in [0.1, 0.15) is 290 Å². The predicted octanol–water partition coefficient (Wildman–Crippen LogP) is 18.8. The molecule has 0 aromatic rings. The zero-order chi connectivity index (χ0) is 63.8. The number of aliphatic hydroxyl groups is 2. The summed E-state index contributed by atoms with van der Waals surface area (Å²) in [6, 6.07) is 0. The highest BCUT2D eigenvalue weighted by molar-refractivity contribution is 7.47. The lowest BCUT2D eigenvalue weighted by atomic mass is 10.0. The summed E-state index contributed by atoms with van der Waals surface area (Å²) in [5.41, 5.74) is 0. The number of unbranched alkanes of at least 4 members (excludes halogenated alkanes) is 30. The minimum atomic E-state index is -4.92. The van der Waals surface area contributed by atoms with E-state index in [4.69, 9.17) is 32.3 Å². The lowest BCUT2D eigenvalue weighted by Gasteiger charge is -2.21. The molecule has 0 aliphatic carbocycles. The van der Waals surface area contributed by atoms with Crippen molar-refractivity contribution in [3.05, 3.63) is 72.9 Å². The molecule has 0 amide bonds. The van der Waals surface area contributed by atoms with E-state index in [1.165, 1.54) is 89.9 Å². The molecule has 4 N–H and O–H groups in total. The van der Waals surface area contributed by atoms with E-state index < -0.39 is 91.5 Å². The molecule has 0 aliphatic rings. The molecule has 0 saturated carbocycles. The summed E-state index contributed by atoms with van der Waals surface area (Å²) in [5, 5.41) is 20.5. The molecular weight excluding hydrogens is 1150 g/mol. The number of hydrogen-bond donors (Lipinski definition) is 4. The summed E-state index contributed by atoms with van der Waals surface area (Å²) in [7, 11) is -9.77. The fourth-order valence-corrected chi connectivity index (χ4v) is 10.8. The molecule has 16 nitrogen and oxygen atoms in total. The van der Waals surface area contributed by atoms with Gasteiger partial charge < -0.3 is 34.2 Å². The Kier molecular flexibility index (Phi) is 61.0. The van der Waals surface area contributed by atoms with E-state index in [-0.39, 0.29) is 19.3 Å². The number of aliphatic hydroxyl groups excluding tert-OH is 2. The molecule has 0 spiro atoms. The first-order valence-electron chi connectivity index (χ1n) is 34.2. The van der Waals surface area contributed by atoms with Crippen LogP contribution in [-0.4, -0.2) is 95.9 Å². The number of esters is 3. The number of allylic oxidation sites excluding steroid dienone is 12. The Morgan fingerprint density at radius 2 is 0.609 bits per heavy atom. The third-order valence-corrected chi connectivity index (χ3v) is 16.3. The molecule has 506 valence electrons. The van der Waals surface area contributed by atoms with Gasteiger partial charge in [-0.3, -0.25) is 32.5 Å². The van der Waals surface area contributed by atoms with E-state index in [2.05, 4.69) is 93.7 Å². The molecule has 0 aromatic heterocycles. The Balaban J connectivity index is 4.66. The second-order valence-corrected chi connectivity index (χ2v) is 25.9. The highest BCUT2D eigenvalue weighted by Gasteiger charge is 2.29. The molecule has 0 bridgehead atoms. The quantitative estimate of drug-likeness (QED) is 0.0146. The maximum atomic E-state index is 12.9. The van der Waals surface area contributed by atoms with Crippen LogP contribution < -0.4 is 0 Å². The first-order valence-corrected chi connectivity index (χ1v) is 37.2. The van der Waals surface area contributed by atoms with Crippen molar-refractivity contribution in [2.75, 3.05) is 39.6 Å². The largest absolute Gasteiger partial charge is 0.472 e. The third-order valence-electron chi connectivity index (χ3n) is 14.4. The van der Waals surface area contributed by atoms with E-state index in [0.29, 0.717) is 19.3 Å². The molecule has 5 unspecified atom stereocenters. The van der Waals surface area contributed by atoms with Crippen molar-refractivity contribution in [3.8, 4) is 0 Å². The van der Waals surface area contributed by atoms with Crippen molar-refractivity contribution >= 4 is 33.6 Å². The summed E-state index contributed by atoms with van der Waals surface area (Å²) in [6.45, 7) is 2.54. The molecule has 0 saturated heterocycles. The van der Waals surface area contributed by atoms with Crippen molar-refractivity contribution in [1.29, 1.82) is 0 Å². The number of phosphoric acid groups is 2. The first-order chi connectivity index (χ1) is 42.2. The summed E-state index contributed by atoms with van der Waals surface area (Å²) >= 11 is 0. The molecule has 0 rings (SSSR count). The summed E-state index contributed by atoms with van der Waals surface area (Å²) < 4.78 is 60.9. The van der Waals surface area contributed by atoms with Gasteiger partial charge >= 0.3 is 33.6 Å². The maximum absolute atomic E-state index is 12.9. The van der Waals surface area contributed by atoms with Gasteiger partial charge in [-0.2, -0.15) is 0 Å². The Morgan fingerprint density at radius 1 is 0.333 bits per heavy atom. The minimum Gasteiger partial charge on any atom is -0.463 e. The van der Waals surface area contributed by atoms with Crippen LogP contribution in [0.5, 0.6) is 0 Å². The molecule has 5 atom stereocenters. The fraction of sp³-hybridized carbons (Fsp3) is 0.783. The molecule has 18 heteroatoms. The van der Waals surface area contributed by atoms with Gasteiger partial charge in [0.25, 0.3) is 0 Å². The Bertz CT molecular complexity index is 1880. The third kappa shape index (κ3) is 64.3. The highest BCUT2D eigenvalue weighted by atomic mass is 31.2. The van der Waals surface area contributed by atoms with Gasteiger partial charge in [-0.25, -0.2) is 9.13 Å². The molecular formula is C69H124O16P2. The predicted molar refractivity (Wildman–Crippen MR) is 353 cm³/mol. The zero-order valence-corrected chi connectivity index (χ0v) is 56.5.